The van der Waals surface area contributed by atoms with Crippen molar-refractivity contribution in [3.63, 3.8) is 0 Å². The van der Waals surface area contributed by atoms with Gasteiger partial charge in [0, 0.05) is 32.0 Å². The molecule has 108 valence electrons. The molecule has 1 saturated carbocycles. The highest BCUT2D eigenvalue weighted by molar-refractivity contribution is 5.99. The Balaban J connectivity index is 1.74. The summed E-state index contributed by atoms with van der Waals surface area (Å²) in [6.07, 6.45) is 8.42. The highest BCUT2D eigenvalue weighted by atomic mass is 16.2. The van der Waals surface area contributed by atoms with Gasteiger partial charge in [-0.3, -0.25) is 9.78 Å². The Bertz CT molecular complexity index is 476. The lowest BCUT2D eigenvalue weighted by Crippen LogP contribution is -2.30. The third kappa shape index (κ3) is 2.51. The lowest BCUT2D eigenvalue weighted by molar-refractivity contribution is 0.0781. The summed E-state index contributed by atoms with van der Waals surface area (Å²) in [5.41, 5.74) is 1.64. The summed E-state index contributed by atoms with van der Waals surface area (Å²) in [6.45, 7) is 4.88. The zero-order chi connectivity index (χ0) is 13.9. The van der Waals surface area contributed by atoms with Crippen LogP contribution >= 0.6 is 0 Å². The third-order valence-electron chi connectivity index (χ3n) is 4.63. The molecule has 0 bridgehead atoms. The van der Waals surface area contributed by atoms with E-state index in [-0.39, 0.29) is 5.91 Å². The third-order valence-corrected chi connectivity index (χ3v) is 4.63. The Labute approximate surface area is 120 Å². The first kappa shape index (κ1) is 13.4. The maximum Gasteiger partial charge on any atom is 0.257 e. The second kappa shape index (κ2) is 5.81. The van der Waals surface area contributed by atoms with E-state index in [0.717, 1.165) is 49.1 Å². The number of nitrogens with zero attached hydrogens (tertiary/aromatic N) is 2. The van der Waals surface area contributed by atoms with Crippen LogP contribution in [0, 0.1) is 11.8 Å². The number of pyridine rings is 1. The Morgan fingerprint density at radius 1 is 1.40 bits per heavy atom. The minimum atomic E-state index is 0.145. The molecule has 0 aromatic carbocycles. The maximum atomic E-state index is 12.7. The van der Waals surface area contributed by atoms with Gasteiger partial charge in [-0.1, -0.05) is 13.3 Å². The zero-order valence-corrected chi connectivity index (χ0v) is 12.1. The van der Waals surface area contributed by atoms with Crippen molar-refractivity contribution in [3.05, 3.63) is 24.0 Å². The number of aromatic nitrogens is 1. The molecule has 1 N–H and O–H groups in total. The minimum Gasteiger partial charge on any atom is -0.384 e. The first-order valence-electron chi connectivity index (χ1n) is 7.76. The normalized spacial score (nSPS) is 24.8. The van der Waals surface area contributed by atoms with Crippen LogP contribution in [0.5, 0.6) is 0 Å². The second-order valence-electron chi connectivity index (χ2n) is 6.01. The van der Waals surface area contributed by atoms with Crippen molar-refractivity contribution in [1.29, 1.82) is 0 Å². The van der Waals surface area contributed by atoms with E-state index in [0.29, 0.717) is 0 Å². The molecule has 2 fully saturated rings. The fourth-order valence-corrected chi connectivity index (χ4v) is 3.55. The summed E-state index contributed by atoms with van der Waals surface area (Å²) in [5.74, 6) is 1.62. The average Bonchev–Trinajstić information content (AvgIpc) is 3.06. The van der Waals surface area contributed by atoms with Crippen molar-refractivity contribution in [2.45, 2.75) is 32.6 Å². The smallest absolute Gasteiger partial charge is 0.257 e. The Hall–Kier alpha value is -1.58. The molecule has 1 amide bonds. The number of nitrogens with one attached hydrogen (secondary N) is 1. The van der Waals surface area contributed by atoms with Gasteiger partial charge in [-0.15, -0.1) is 0 Å². The molecule has 1 saturated heterocycles. The lowest BCUT2D eigenvalue weighted by atomic mass is 10.0. The predicted octanol–water partition coefficient (Wildman–Crippen LogP) is 2.78. The Morgan fingerprint density at radius 2 is 2.15 bits per heavy atom. The van der Waals surface area contributed by atoms with Crippen LogP contribution in [-0.4, -0.2) is 35.4 Å². The Kier molecular flexibility index (Phi) is 3.90. The van der Waals surface area contributed by atoms with Crippen LogP contribution in [0.4, 0.5) is 5.69 Å². The first-order chi connectivity index (χ1) is 9.79. The number of hydrogen-bond acceptors (Lipinski definition) is 3. The molecule has 4 heteroatoms. The summed E-state index contributed by atoms with van der Waals surface area (Å²) in [5, 5.41) is 3.33. The van der Waals surface area contributed by atoms with Gasteiger partial charge in [0.2, 0.25) is 0 Å². The van der Waals surface area contributed by atoms with Crippen molar-refractivity contribution >= 4 is 11.6 Å². The molecule has 1 aromatic heterocycles. The van der Waals surface area contributed by atoms with E-state index in [4.69, 9.17) is 0 Å². The van der Waals surface area contributed by atoms with Gasteiger partial charge in [0.1, 0.15) is 0 Å². The molecule has 0 radical (unpaired) electrons. The molecule has 3 rings (SSSR count). The van der Waals surface area contributed by atoms with Gasteiger partial charge in [-0.2, -0.15) is 0 Å². The molecule has 2 heterocycles. The number of hydrogen-bond donors (Lipinski definition) is 1. The number of carbonyl (C=O) groups excluding carboxylic acids is 1. The molecule has 1 aliphatic carbocycles. The number of likely N-dealkylation sites (tertiary alicyclic amines) is 1. The summed E-state index contributed by atoms with van der Waals surface area (Å²) >= 11 is 0. The quantitative estimate of drug-likeness (QED) is 0.917. The molecule has 0 spiro atoms. The summed E-state index contributed by atoms with van der Waals surface area (Å²) in [6, 6.07) is 1.90. The van der Waals surface area contributed by atoms with E-state index < -0.39 is 0 Å². The molecule has 2 unspecified atom stereocenters. The molecular formula is C16H23N3O. The molecule has 1 aliphatic heterocycles. The fourth-order valence-electron chi connectivity index (χ4n) is 3.55. The largest absolute Gasteiger partial charge is 0.384 e. The molecule has 4 nitrogen and oxygen atoms in total. The van der Waals surface area contributed by atoms with Crippen LogP contribution in [0.1, 0.15) is 43.0 Å². The van der Waals surface area contributed by atoms with Gasteiger partial charge in [-0.05, 0) is 37.2 Å². The van der Waals surface area contributed by atoms with E-state index in [2.05, 4.69) is 17.2 Å². The van der Waals surface area contributed by atoms with Crippen LogP contribution < -0.4 is 5.32 Å². The highest BCUT2D eigenvalue weighted by Crippen LogP contribution is 2.38. The van der Waals surface area contributed by atoms with Gasteiger partial charge < -0.3 is 10.2 Å². The maximum absolute atomic E-state index is 12.7. The van der Waals surface area contributed by atoms with Crippen LogP contribution in [-0.2, 0) is 0 Å². The number of anilines is 1. The minimum absolute atomic E-state index is 0.145. The van der Waals surface area contributed by atoms with Crippen LogP contribution in [0.2, 0.25) is 0 Å². The molecular weight excluding hydrogens is 250 g/mol. The van der Waals surface area contributed by atoms with Crippen molar-refractivity contribution in [2.75, 3.05) is 25.0 Å². The average molecular weight is 273 g/mol. The number of amides is 1. The van der Waals surface area contributed by atoms with E-state index >= 15 is 0 Å². The molecule has 1 aromatic rings. The summed E-state index contributed by atoms with van der Waals surface area (Å²) < 4.78 is 0. The van der Waals surface area contributed by atoms with Crippen molar-refractivity contribution < 1.29 is 4.79 Å². The van der Waals surface area contributed by atoms with Crippen LogP contribution in [0.25, 0.3) is 0 Å². The standard InChI is InChI=1S/C16H23N3O/c1-2-7-18-15-6-8-17-9-14(15)16(20)19-10-12-4-3-5-13(12)11-19/h6,8-9,12-13H,2-5,7,10-11H2,1H3,(H,17,18). The van der Waals surface area contributed by atoms with Gasteiger partial charge in [0.15, 0.2) is 0 Å². The lowest BCUT2D eigenvalue weighted by Gasteiger charge is -2.19. The van der Waals surface area contributed by atoms with Gasteiger partial charge in [-0.25, -0.2) is 0 Å². The Morgan fingerprint density at radius 3 is 2.85 bits per heavy atom. The fraction of sp³-hybridized carbons (Fsp3) is 0.625. The van der Waals surface area contributed by atoms with E-state index in [1.807, 2.05) is 11.0 Å². The predicted molar refractivity (Wildman–Crippen MR) is 79.8 cm³/mol. The number of rotatable bonds is 4. The van der Waals surface area contributed by atoms with Crippen molar-refractivity contribution in [1.82, 2.24) is 9.88 Å². The molecule has 2 aliphatic rings. The van der Waals surface area contributed by atoms with Gasteiger partial charge in [0.05, 0.1) is 11.3 Å². The van der Waals surface area contributed by atoms with Crippen molar-refractivity contribution in [2.24, 2.45) is 11.8 Å². The van der Waals surface area contributed by atoms with Crippen LogP contribution in [0.3, 0.4) is 0 Å². The topological polar surface area (TPSA) is 45.2 Å². The molecule has 2 atom stereocenters. The summed E-state index contributed by atoms with van der Waals surface area (Å²) in [7, 11) is 0. The highest BCUT2D eigenvalue weighted by Gasteiger charge is 2.38. The van der Waals surface area contributed by atoms with E-state index in [1.165, 1.54) is 19.3 Å². The van der Waals surface area contributed by atoms with Gasteiger partial charge >= 0.3 is 0 Å². The SMILES string of the molecule is CCCNc1ccncc1C(=O)N1CC2CCCC2C1. The number of carbonyl (C=O) groups is 1. The van der Waals surface area contributed by atoms with Crippen molar-refractivity contribution in [3.8, 4) is 0 Å². The zero-order valence-electron chi connectivity index (χ0n) is 12.1. The second-order valence-corrected chi connectivity index (χ2v) is 6.01. The first-order valence-corrected chi connectivity index (χ1v) is 7.76. The summed E-state index contributed by atoms with van der Waals surface area (Å²) in [4.78, 5) is 18.9. The van der Waals surface area contributed by atoms with Gasteiger partial charge in [0.25, 0.3) is 5.91 Å². The molecule has 20 heavy (non-hydrogen) atoms. The monoisotopic (exact) mass is 273 g/mol. The van der Waals surface area contributed by atoms with E-state index in [9.17, 15) is 4.79 Å². The van der Waals surface area contributed by atoms with E-state index in [1.54, 1.807) is 12.4 Å². The van der Waals surface area contributed by atoms with Crippen LogP contribution in [0.15, 0.2) is 18.5 Å². The number of fused-ring (bicyclic) bond motifs is 1.